The van der Waals surface area contributed by atoms with E-state index < -0.39 is 24.6 Å². The van der Waals surface area contributed by atoms with E-state index in [2.05, 4.69) is 4.90 Å². The Balaban J connectivity index is 0.00000162. The quantitative estimate of drug-likeness (QED) is 0.0923. The van der Waals surface area contributed by atoms with Crippen LogP contribution in [-0.4, -0.2) is 68.6 Å². The molecule has 0 spiro atoms. The van der Waals surface area contributed by atoms with Gasteiger partial charge in [-0.2, -0.15) is 0 Å². The van der Waals surface area contributed by atoms with Gasteiger partial charge in [0.15, 0.2) is 11.5 Å². The number of thiophene rings is 1. The van der Waals surface area contributed by atoms with Crippen LogP contribution in [0.3, 0.4) is 0 Å². The fourth-order valence-electron chi connectivity index (χ4n) is 6.22. The Kier molecular flexibility index (Phi) is 13.0. The third-order valence-electron chi connectivity index (χ3n) is 8.80. The number of ether oxygens (including phenoxy) is 4. The van der Waals surface area contributed by atoms with Gasteiger partial charge in [0.1, 0.15) is 27.1 Å². The fraction of sp³-hybridized carbons (Fsp3) is 0.333. The van der Waals surface area contributed by atoms with Crippen LogP contribution < -0.4 is 24.2 Å². The molecule has 3 aliphatic rings. The van der Waals surface area contributed by atoms with E-state index in [0.29, 0.717) is 39.1 Å². The number of aromatic nitrogens is 1. The van der Waals surface area contributed by atoms with Crippen molar-refractivity contribution in [3.8, 4) is 11.5 Å². The van der Waals surface area contributed by atoms with E-state index in [-0.39, 0.29) is 29.1 Å². The fourth-order valence-corrected chi connectivity index (χ4v) is 7.71. The molecule has 1 amide bonds. The van der Waals surface area contributed by atoms with E-state index in [4.69, 9.17) is 52.1 Å². The molecule has 15 heteroatoms. The minimum absolute atomic E-state index is 0.116. The lowest BCUT2D eigenvalue weighted by molar-refractivity contribution is -0.904. The summed E-state index contributed by atoms with van der Waals surface area (Å²) < 4.78 is 23.8. The Morgan fingerprint density at radius 3 is 2.31 bits per heavy atom. The zero-order valence-electron chi connectivity index (χ0n) is 27.9. The number of piperidine rings is 3. The third-order valence-corrected chi connectivity index (χ3v) is 10.5. The van der Waals surface area contributed by atoms with Crippen LogP contribution in [0.4, 0.5) is 10.5 Å². The van der Waals surface area contributed by atoms with Gasteiger partial charge in [-0.3, -0.25) is 15.0 Å². The van der Waals surface area contributed by atoms with Gasteiger partial charge < -0.3 is 28.8 Å². The number of hydrogen-bond donors (Lipinski definition) is 1. The minimum Gasteiger partial charge on any atom is -0.554 e. The first-order valence-electron chi connectivity index (χ1n) is 16.0. The molecule has 3 fully saturated rings. The largest absolute Gasteiger partial charge is 0.554 e. The van der Waals surface area contributed by atoms with Crippen LogP contribution in [0.15, 0.2) is 73.1 Å². The Hall–Kier alpha value is -4.56. The van der Waals surface area contributed by atoms with Gasteiger partial charge in [-0.25, -0.2) is 9.59 Å². The Bertz CT molecular complexity index is 1800. The number of rotatable bonds is 11. The minimum atomic E-state index is -0.829. The van der Waals surface area contributed by atoms with Gasteiger partial charge in [0, 0.05) is 40.3 Å². The number of hydrogen-bond acceptors (Lipinski definition) is 11. The molecule has 3 saturated heterocycles. The average molecular weight is 759 g/mol. The molecule has 0 aliphatic carbocycles. The van der Waals surface area contributed by atoms with Gasteiger partial charge in [0.2, 0.25) is 12.4 Å². The Morgan fingerprint density at radius 2 is 1.71 bits per heavy atom. The number of carbonyl (C=O) groups is 3. The van der Waals surface area contributed by atoms with Crippen LogP contribution in [0.1, 0.15) is 44.6 Å². The van der Waals surface area contributed by atoms with Crippen molar-refractivity contribution >= 4 is 58.8 Å². The highest BCUT2D eigenvalue weighted by Gasteiger charge is 2.37. The molecule has 51 heavy (non-hydrogen) atoms. The number of para-hydroxylation sites is 1. The number of halogens is 2. The van der Waals surface area contributed by atoms with Gasteiger partial charge in [-0.05, 0) is 73.8 Å². The standard InChI is InChI=1S/C35H36Cl2N3O7S.CH2O2/c1-44-29-10-8-23(16-31(29)45-2)30(17-26-27(36)19-39(43)20-28(26)37)46-34(41)33-11-9-25(48-33)18-40(24-6-4-3-5-7-24)35(42)47-32-21-38-14-12-22(32)13-15-38;2-1-3/h3-11,16,19-20,22,30,32,43H,12-15,17-18,21H2,1-2H3;1H,(H,2,3)/q+1;/p-1/t30-,32-;/m0./s1. The van der Waals surface area contributed by atoms with Gasteiger partial charge >= 0.3 is 12.1 Å². The molecule has 1 N–H and O–H groups in total. The van der Waals surface area contributed by atoms with Crippen molar-refractivity contribution in [3.63, 3.8) is 0 Å². The van der Waals surface area contributed by atoms with Gasteiger partial charge in [0.05, 0.1) is 20.8 Å². The van der Waals surface area contributed by atoms with E-state index in [9.17, 15) is 14.8 Å². The normalized spacial score (nSPS) is 18.1. The number of carbonyl (C=O) groups excluding carboxylic acids is 3. The van der Waals surface area contributed by atoms with Crippen LogP contribution in [0.25, 0.3) is 0 Å². The first-order chi connectivity index (χ1) is 24.6. The molecule has 0 radical (unpaired) electrons. The maximum atomic E-state index is 13.7. The van der Waals surface area contributed by atoms with Crippen molar-refractivity contribution in [2.45, 2.75) is 38.0 Å². The van der Waals surface area contributed by atoms with Crippen molar-refractivity contribution in [1.82, 2.24) is 4.90 Å². The molecule has 2 aromatic carbocycles. The summed E-state index contributed by atoms with van der Waals surface area (Å²) in [5, 5.41) is 18.5. The molecule has 2 bridgehead atoms. The number of esters is 1. The van der Waals surface area contributed by atoms with Crippen LogP contribution in [-0.2, 0) is 27.2 Å². The predicted molar refractivity (Wildman–Crippen MR) is 188 cm³/mol. The van der Waals surface area contributed by atoms with Crippen molar-refractivity contribution in [1.29, 1.82) is 0 Å². The summed E-state index contributed by atoms with van der Waals surface area (Å²) in [6, 6.07) is 18.1. The van der Waals surface area contributed by atoms with E-state index in [1.54, 1.807) is 29.2 Å². The summed E-state index contributed by atoms with van der Waals surface area (Å²) in [4.78, 5) is 40.6. The van der Waals surface area contributed by atoms with Crippen molar-refractivity contribution in [2.75, 3.05) is 38.8 Å². The van der Waals surface area contributed by atoms with E-state index in [1.165, 1.54) is 38.0 Å². The molecular formula is C36H37Cl2N3O9S. The highest BCUT2D eigenvalue weighted by atomic mass is 35.5. The first kappa shape index (κ1) is 37.7. The second kappa shape index (κ2) is 17.6. The number of anilines is 1. The summed E-state index contributed by atoms with van der Waals surface area (Å²) >= 11 is 14.1. The van der Waals surface area contributed by atoms with Crippen molar-refractivity contribution in [3.05, 3.63) is 104 Å². The molecule has 2 atom stereocenters. The molecule has 7 rings (SSSR count). The topological polar surface area (TPSA) is 142 Å². The molecule has 3 aliphatic heterocycles. The number of carboxylic acid groups (broad SMARTS) is 1. The van der Waals surface area contributed by atoms with Crippen LogP contribution in [0.2, 0.25) is 10.0 Å². The van der Waals surface area contributed by atoms with E-state index in [0.717, 1.165) is 42.1 Å². The predicted octanol–water partition coefficient (Wildman–Crippen LogP) is 5.34. The van der Waals surface area contributed by atoms with Gasteiger partial charge in [-0.1, -0.05) is 47.5 Å². The lowest BCUT2D eigenvalue weighted by Crippen LogP contribution is -2.53. The molecular weight excluding hydrogens is 721 g/mol. The summed E-state index contributed by atoms with van der Waals surface area (Å²) in [6.07, 6.45) is 3.43. The maximum absolute atomic E-state index is 13.7. The van der Waals surface area contributed by atoms with Crippen LogP contribution in [0.5, 0.6) is 11.5 Å². The first-order valence-corrected chi connectivity index (χ1v) is 17.6. The lowest BCUT2D eigenvalue weighted by Gasteiger charge is -2.44. The molecule has 5 heterocycles. The Morgan fingerprint density at radius 1 is 1.04 bits per heavy atom. The smallest absolute Gasteiger partial charge is 0.414 e. The van der Waals surface area contributed by atoms with Crippen LogP contribution in [0, 0.1) is 5.92 Å². The van der Waals surface area contributed by atoms with E-state index >= 15 is 0 Å². The number of methoxy groups -OCH3 is 2. The van der Waals surface area contributed by atoms with Gasteiger partial charge in [-0.15, -0.1) is 11.3 Å². The van der Waals surface area contributed by atoms with Gasteiger partial charge in [0.25, 0.3) is 0 Å². The van der Waals surface area contributed by atoms with Crippen molar-refractivity contribution < 1.29 is 48.4 Å². The SMILES string of the molecule is COc1ccc([C@H](Cc2c(Cl)c[n+](O)cc2Cl)OC(=O)c2ccc(CN(C(=O)O[C@H]3CN4CCC3CC4)c3ccccc3)s2)cc1OC.O=C[O-]. The highest BCUT2D eigenvalue weighted by molar-refractivity contribution is 7.14. The highest BCUT2D eigenvalue weighted by Crippen LogP contribution is 2.36. The summed E-state index contributed by atoms with van der Waals surface area (Å²) in [6.45, 7) is 2.58. The third kappa shape index (κ3) is 9.41. The second-order valence-corrected chi connectivity index (χ2v) is 13.9. The molecule has 0 unspecified atom stereocenters. The lowest BCUT2D eigenvalue weighted by atomic mass is 9.86. The molecule has 2 aromatic heterocycles. The molecule has 270 valence electrons. The molecule has 0 saturated carbocycles. The number of fused-ring (bicyclic) bond motifs is 3. The average Bonchev–Trinajstić information content (AvgIpc) is 3.61. The number of amides is 1. The zero-order chi connectivity index (χ0) is 36.5. The number of pyridine rings is 1. The molecule has 4 aromatic rings. The Labute approximate surface area is 309 Å². The number of benzene rings is 2. The second-order valence-electron chi connectivity index (χ2n) is 11.9. The number of nitrogens with zero attached hydrogens (tertiary/aromatic N) is 3. The van der Waals surface area contributed by atoms with E-state index in [1.807, 2.05) is 36.4 Å². The molecule has 12 nitrogen and oxygen atoms in total. The summed E-state index contributed by atoms with van der Waals surface area (Å²) in [5.41, 5.74) is 1.81. The summed E-state index contributed by atoms with van der Waals surface area (Å²) in [5.74, 6) is 0.788. The monoisotopic (exact) mass is 757 g/mol. The summed E-state index contributed by atoms with van der Waals surface area (Å²) in [7, 11) is 3.06. The maximum Gasteiger partial charge on any atom is 0.414 e. The zero-order valence-corrected chi connectivity index (χ0v) is 30.2. The van der Waals surface area contributed by atoms with Crippen LogP contribution >= 0.6 is 34.5 Å². The van der Waals surface area contributed by atoms with Crippen molar-refractivity contribution in [2.24, 2.45) is 5.92 Å².